The number of anilines is 1. The third kappa shape index (κ3) is 4.05. The molecule has 0 atom stereocenters. The lowest BCUT2D eigenvalue weighted by molar-refractivity contribution is -0.115. The van der Waals surface area contributed by atoms with Crippen LogP contribution in [0.3, 0.4) is 0 Å². The Balaban J connectivity index is 1.56. The molecule has 0 unspecified atom stereocenters. The van der Waals surface area contributed by atoms with Crippen molar-refractivity contribution in [3.63, 3.8) is 0 Å². The van der Waals surface area contributed by atoms with E-state index in [4.69, 9.17) is 0 Å². The zero-order chi connectivity index (χ0) is 20.4. The van der Waals surface area contributed by atoms with Crippen molar-refractivity contribution in [2.45, 2.75) is 20.3 Å². The van der Waals surface area contributed by atoms with Crippen molar-refractivity contribution >= 4 is 22.9 Å². The molecule has 29 heavy (non-hydrogen) atoms. The van der Waals surface area contributed by atoms with Gasteiger partial charge in [0.1, 0.15) is 0 Å². The number of aromatic amines is 1. The highest BCUT2D eigenvalue weighted by Gasteiger charge is 2.18. The summed E-state index contributed by atoms with van der Waals surface area (Å²) in [7, 11) is 0. The van der Waals surface area contributed by atoms with E-state index >= 15 is 0 Å². The van der Waals surface area contributed by atoms with Gasteiger partial charge in [0.05, 0.1) is 12.1 Å². The summed E-state index contributed by atoms with van der Waals surface area (Å²) in [5, 5.41) is 8.35. The lowest BCUT2D eigenvalue weighted by Crippen LogP contribution is -2.22. The number of nitrogens with one attached hydrogen (secondary N) is 2. The molecular weight excluding hydrogens is 384 g/mol. The number of hydrogen-bond acceptors (Lipinski definition) is 4. The predicted octanol–water partition coefficient (Wildman–Crippen LogP) is 4.09. The monoisotopic (exact) mass is 404 g/mol. The van der Waals surface area contributed by atoms with Crippen molar-refractivity contribution in [3.05, 3.63) is 87.2 Å². The molecule has 6 nitrogen and oxygen atoms in total. The van der Waals surface area contributed by atoms with E-state index in [1.54, 1.807) is 6.92 Å². The Morgan fingerprint density at radius 3 is 2.69 bits per heavy atom. The first-order chi connectivity index (χ1) is 14.0. The summed E-state index contributed by atoms with van der Waals surface area (Å²) in [4.78, 5) is 29.9. The Morgan fingerprint density at radius 1 is 1.14 bits per heavy atom. The number of carbonyl (C=O) groups excluding carboxylic acids is 1. The minimum Gasteiger partial charge on any atom is -0.326 e. The van der Waals surface area contributed by atoms with E-state index in [9.17, 15) is 9.59 Å². The number of rotatable bonds is 5. The molecule has 7 heteroatoms. The highest BCUT2D eigenvalue weighted by atomic mass is 32.1. The van der Waals surface area contributed by atoms with Gasteiger partial charge in [-0.3, -0.25) is 14.7 Å². The van der Waals surface area contributed by atoms with Crippen LogP contribution in [0, 0.1) is 13.8 Å². The van der Waals surface area contributed by atoms with Crippen molar-refractivity contribution in [3.8, 4) is 16.4 Å². The van der Waals surface area contributed by atoms with Crippen LogP contribution >= 0.6 is 11.3 Å². The molecule has 1 amide bonds. The zero-order valence-electron chi connectivity index (χ0n) is 16.1. The van der Waals surface area contributed by atoms with Gasteiger partial charge in [-0.05, 0) is 31.5 Å². The van der Waals surface area contributed by atoms with E-state index in [2.05, 4.69) is 15.4 Å². The maximum Gasteiger partial charge on any atom is 0.277 e. The maximum absolute atomic E-state index is 12.9. The Hall–Kier alpha value is -3.45. The lowest BCUT2D eigenvalue weighted by atomic mass is 10.1. The number of thiazole rings is 1. The van der Waals surface area contributed by atoms with Gasteiger partial charge in [0.25, 0.3) is 5.56 Å². The highest BCUT2D eigenvalue weighted by Crippen LogP contribution is 2.23. The first kappa shape index (κ1) is 18.9. The van der Waals surface area contributed by atoms with Crippen LogP contribution in [-0.4, -0.2) is 20.7 Å². The van der Waals surface area contributed by atoms with E-state index < -0.39 is 0 Å². The van der Waals surface area contributed by atoms with Crippen LogP contribution in [0.5, 0.6) is 0 Å². The quantitative estimate of drug-likeness (QED) is 0.526. The summed E-state index contributed by atoms with van der Waals surface area (Å²) < 4.78 is 1.40. The summed E-state index contributed by atoms with van der Waals surface area (Å²) in [6.07, 6.45) is -0.000966. The van der Waals surface area contributed by atoms with Crippen LogP contribution in [0.1, 0.15) is 16.8 Å². The molecule has 0 spiro atoms. The average molecular weight is 404 g/mol. The van der Waals surface area contributed by atoms with Crippen LogP contribution in [0.2, 0.25) is 0 Å². The van der Waals surface area contributed by atoms with Crippen molar-refractivity contribution in [1.82, 2.24) is 14.8 Å². The molecule has 0 aliphatic carbocycles. The zero-order valence-corrected chi connectivity index (χ0v) is 16.9. The van der Waals surface area contributed by atoms with Crippen LogP contribution in [0.4, 0.5) is 5.69 Å². The Kier molecular flexibility index (Phi) is 5.14. The van der Waals surface area contributed by atoms with Crippen molar-refractivity contribution in [2.75, 3.05) is 5.32 Å². The number of amides is 1. The summed E-state index contributed by atoms with van der Waals surface area (Å²) in [5.41, 5.74) is 4.41. The van der Waals surface area contributed by atoms with Gasteiger partial charge in [-0.2, -0.15) is 4.68 Å². The highest BCUT2D eigenvalue weighted by molar-refractivity contribution is 7.12. The largest absolute Gasteiger partial charge is 0.326 e. The third-order valence-electron chi connectivity index (χ3n) is 4.59. The van der Waals surface area contributed by atoms with Crippen molar-refractivity contribution < 1.29 is 4.79 Å². The van der Waals surface area contributed by atoms with Gasteiger partial charge in [-0.15, -0.1) is 11.3 Å². The fourth-order valence-corrected chi connectivity index (χ4v) is 3.91. The van der Waals surface area contributed by atoms with E-state index in [-0.39, 0.29) is 17.9 Å². The molecule has 0 aliphatic rings. The van der Waals surface area contributed by atoms with Crippen LogP contribution in [0.25, 0.3) is 16.4 Å². The molecule has 0 aliphatic heterocycles. The number of nitrogens with zero attached hydrogens (tertiary/aromatic N) is 2. The van der Waals surface area contributed by atoms with Crippen molar-refractivity contribution in [2.24, 2.45) is 0 Å². The van der Waals surface area contributed by atoms with Crippen LogP contribution in [0.15, 0.2) is 64.8 Å². The number of hydrogen-bond donors (Lipinski definition) is 2. The molecule has 0 radical (unpaired) electrons. The van der Waals surface area contributed by atoms with Gasteiger partial charge in [-0.1, -0.05) is 42.5 Å². The molecule has 4 aromatic rings. The molecule has 4 rings (SSSR count). The van der Waals surface area contributed by atoms with E-state index in [1.165, 1.54) is 16.0 Å². The summed E-state index contributed by atoms with van der Waals surface area (Å²) in [5.74, 6) is -0.230. The molecule has 2 N–H and O–H groups in total. The minimum absolute atomic E-state index is 0.000966. The second-order valence-electron chi connectivity index (χ2n) is 6.83. The molecule has 2 heterocycles. The van der Waals surface area contributed by atoms with Gasteiger partial charge in [-0.25, -0.2) is 4.98 Å². The van der Waals surface area contributed by atoms with Crippen LogP contribution < -0.4 is 10.9 Å². The minimum atomic E-state index is -0.254. The molecule has 2 aromatic carbocycles. The Morgan fingerprint density at radius 2 is 1.93 bits per heavy atom. The SMILES string of the molecule is Cc1cccc(NC(=O)Cc2c(C)[nH]n(-c3nc(-c4ccccc4)cs3)c2=O)c1. The number of carbonyl (C=O) groups is 1. The molecule has 0 bridgehead atoms. The number of H-pyrrole nitrogens is 1. The predicted molar refractivity (Wildman–Crippen MR) is 116 cm³/mol. The topological polar surface area (TPSA) is 79.8 Å². The Labute approximate surface area is 171 Å². The van der Waals surface area contributed by atoms with Crippen LogP contribution in [-0.2, 0) is 11.2 Å². The lowest BCUT2D eigenvalue weighted by Gasteiger charge is -2.05. The van der Waals surface area contributed by atoms with Gasteiger partial charge in [0, 0.05) is 27.9 Å². The number of aryl methyl sites for hydroxylation is 2. The molecule has 0 saturated heterocycles. The first-order valence-corrected chi connectivity index (χ1v) is 10.1. The summed E-state index contributed by atoms with van der Waals surface area (Å²) in [6, 6.07) is 17.4. The van der Waals surface area contributed by atoms with Gasteiger partial charge in [0.2, 0.25) is 11.0 Å². The fraction of sp³-hybridized carbons (Fsp3) is 0.136. The Bertz CT molecular complexity index is 1220. The van der Waals surface area contributed by atoms with Gasteiger partial charge < -0.3 is 5.32 Å². The summed E-state index contributed by atoms with van der Waals surface area (Å²) >= 11 is 1.38. The smallest absolute Gasteiger partial charge is 0.277 e. The van der Waals surface area contributed by atoms with Crippen molar-refractivity contribution in [1.29, 1.82) is 0 Å². The molecule has 2 aromatic heterocycles. The number of aromatic nitrogens is 3. The number of benzene rings is 2. The standard InChI is InChI=1S/C22H20N4O2S/c1-14-7-6-10-17(11-14)23-20(27)12-18-15(2)25-26(21(18)28)22-24-19(13-29-22)16-8-4-3-5-9-16/h3-11,13,25H,12H2,1-2H3,(H,23,27). The van der Waals surface area contributed by atoms with E-state index in [0.717, 1.165) is 22.5 Å². The fourth-order valence-electron chi connectivity index (χ4n) is 3.12. The average Bonchev–Trinajstić information content (AvgIpc) is 3.29. The molecule has 146 valence electrons. The van der Waals surface area contributed by atoms with Gasteiger partial charge in [0.15, 0.2) is 0 Å². The first-order valence-electron chi connectivity index (χ1n) is 9.19. The van der Waals surface area contributed by atoms with Gasteiger partial charge >= 0.3 is 0 Å². The van der Waals surface area contributed by atoms with E-state index in [1.807, 2.05) is 66.9 Å². The summed E-state index contributed by atoms with van der Waals surface area (Å²) in [6.45, 7) is 3.75. The van der Waals surface area contributed by atoms with E-state index in [0.29, 0.717) is 16.4 Å². The molecule has 0 fully saturated rings. The second-order valence-corrected chi connectivity index (χ2v) is 7.67. The third-order valence-corrected chi connectivity index (χ3v) is 5.41. The second kappa shape index (κ2) is 7.89. The molecular formula is C22H20N4O2S. The maximum atomic E-state index is 12.9. The molecule has 0 saturated carbocycles. The normalized spacial score (nSPS) is 10.8.